The molecule has 0 atom stereocenters. The van der Waals surface area contributed by atoms with Crippen LogP contribution in [0.15, 0.2) is 36.4 Å². The number of piperidine rings is 1. The molecular formula is C20H19ClN4O5S. The summed E-state index contributed by atoms with van der Waals surface area (Å²) in [6.45, 7) is 1.48. The normalized spacial score (nSPS) is 13.4. The molecule has 1 heterocycles. The molecule has 0 unspecified atom stereocenters. The predicted molar refractivity (Wildman–Crippen MR) is 121 cm³/mol. The number of nitrogens with one attached hydrogen (secondary N) is 2. The lowest BCUT2D eigenvalue weighted by Gasteiger charge is -2.28. The van der Waals surface area contributed by atoms with E-state index in [1.54, 1.807) is 6.07 Å². The predicted octanol–water partition coefficient (Wildman–Crippen LogP) is 4.06. The molecular weight excluding hydrogens is 444 g/mol. The first-order valence-corrected chi connectivity index (χ1v) is 10.2. The number of nitro benzene ring substituents is 1. The number of benzene rings is 2. The largest absolute Gasteiger partial charge is 0.478 e. The Morgan fingerprint density at radius 2 is 1.84 bits per heavy atom. The summed E-state index contributed by atoms with van der Waals surface area (Å²) >= 11 is 11.0. The highest BCUT2D eigenvalue weighted by molar-refractivity contribution is 7.80. The minimum Gasteiger partial charge on any atom is -0.478 e. The van der Waals surface area contributed by atoms with Gasteiger partial charge in [-0.1, -0.05) is 11.6 Å². The smallest absolute Gasteiger partial charge is 0.337 e. The second-order valence-electron chi connectivity index (χ2n) is 6.92. The molecule has 0 spiro atoms. The van der Waals surface area contributed by atoms with Crippen molar-refractivity contribution in [2.45, 2.75) is 19.3 Å². The Balaban J connectivity index is 1.71. The molecule has 3 rings (SSSR count). The van der Waals surface area contributed by atoms with Gasteiger partial charge in [-0.3, -0.25) is 20.2 Å². The van der Waals surface area contributed by atoms with E-state index >= 15 is 0 Å². The van der Waals surface area contributed by atoms with E-state index in [-0.39, 0.29) is 26.9 Å². The van der Waals surface area contributed by atoms with Crippen LogP contribution in [0.25, 0.3) is 0 Å². The van der Waals surface area contributed by atoms with Gasteiger partial charge in [0.1, 0.15) is 5.69 Å². The topological polar surface area (TPSA) is 125 Å². The molecule has 0 saturated carbocycles. The van der Waals surface area contributed by atoms with Gasteiger partial charge in [0, 0.05) is 30.4 Å². The number of carboxylic acid groups (broad SMARTS) is 1. The maximum atomic E-state index is 12.5. The Kier molecular flexibility index (Phi) is 7.03. The van der Waals surface area contributed by atoms with E-state index in [1.165, 1.54) is 30.3 Å². The number of carboxylic acids is 1. The van der Waals surface area contributed by atoms with Crippen LogP contribution in [-0.4, -0.2) is 40.1 Å². The number of thiocarbonyl (C=S) groups is 1. The van der Waals surface area contributed by atoms with Crippen molar-refractivity contribution in [1.29, 1.82) is 0 Å². The molecule has 1 amide bonds. The molecule has 31 heavy (non-hydrogen) atoms. The summed E-state index contributed by atoms with van der Waals surface area (Å²) in [5, 5.41) is 25.7. The zero-order valence-corrected chi connectivity index (χ0v) is 17.8. The number of aromatic carboxylic acids is 1. The van der Waals surface area contributed by atoms with Crippen LogP contribution in [0.3, 0.4) is 0 Å². The second kappa shape index (κ2) is 9.71. The number of hydrogen-bond acceptors (Lipinski definition) is 6. The molecule has 9 nitrogen and oxygen atoms in total. The van der Waals surface area contributed by atoms with Gasteiger partial charge < -0.3 is 15.3 Å². The summed E-state index contributed by atoms with van der Waals surface area (Å²) < 4.78 is 0. The fourth-order valence-corrected chi connectivity index (χ4v) is 3.79. The quantitative estimate of drug-likeness (QED) is 0.345. The van der Waals surface area contributed by atoms with E-state index < -0.39 is 16.8 Å². The van der Waals surface area contributed by atoms with Crippen LogP contribution in [0.5, 0.6) is 0 Å². The van der Waals surface area contributed by atoms with Gasteiger partial charge in [-0.2, -0.15) is 0 Å². The van der Waals surface area contributed by atoms with Gasteiger partial charge >= 0.3 is 5.97 Å². The molecule has 1 aliphatic rings. The molecule has 162 valence electrons. The summed E-state index contributed by atoms with van der Waals surface area (Å²) in [6, 6.07) is 8.46. The highest BCUT2D eigenvalue weighted by atomic mass is 35.5. The number of carbonyl (C=O) groups excluding carboxylic acids is 1. The van der Waals surface area contributed by atoms with Gasteiger partial charge in [-0.15, -0.1) is 0 Å². The first-order chi connectivity index (χ1) is 14.8. The third-order valence-corrected chi connectivity index (χ3v) is 5.33. The number of carbonyl (C=O) groups is 2. The minimum atomic E-state index is -1.16. The van der Waals surface area contributed by atoms with Gasteiger partial charge in [0.2, 0.25) is 0 Å². The van der Waals surface area contributed by atoms with Crippen LogP contribution >= 0.6 is 23.8 Å². The molecule has 1 fully saturated rings. The maximum Gasteiger partial charge on any atom is 0.337 e. The van der Waals surface area contributed by atoms with Crippen LogP contribution in [-0.2, 0) is 0 Å². The third-order valence-electron chi connectivity index (χ3n) is 4.82. The van der Waals surface area contributed by atoms with E-state index in [0.717, 1.165) is 32.4 Å². The van der Waals surface area contributed by atoms with Gasteiger partial charge in [0.05, 0.1) is 15.5 Å². The lowest BCUT2D eigenvalue weighted by molar-refractivity contribution is -0.384. The standard InChI is InChI=1S/C20H19ClN4O5S/c21-15-11-13(5-6-14(15)19(27)28)22-20(31)23-18(26)12-4-7-16(17(10-12)25(29)30)24-8-2-1-3-9-24/h4-7,10-11H,1-3,8-9H2,(H,27,28)(H2,22,23,26,31). The molecule has 1 saturated heterocycles. The van der Waals surface area contributed by atoms with Crippen LogP contribution in [0.4, 0.5) is 17.1 Å². The van der Waals surface area contributed by atoms with Crippen molar-refractivity contribution in [1.82, 2.24) is 5.32 Å². The Labute approximate surface area is 188 Å². The van der Waals surface area contributed by atoms with Crippen molar-refractivity contribution < 1.29 is 19.6 Å². The van der Waals surface area contributed by atoms with Crippen LogP contribution in [0, 0.1) is 10.1 Å². The van der Waals surface area contributed by atoms with Crippen LogP contribution < -0.4 is 15.5 Å². The average Bonchev–Trinajstić information content (AvgIpc) is 2.73. The highest BCUT2D eigenvalue weighted by Crippen LogP contribution is 2.31. The molecule has 3 N–H and O–H groups in total. The van der Waals surface area contributed by atoms with Crippen molar-refractivity contribution in [3.8, 4) is 0 Å². The summed E-state index contributed by atoms with van der Waals surface area (Å²) in [6.07, 6.45) is 3.03. The van der Waals surface area contributed by atoms with E-state index in [1.807, 2.05) is 4.90 Å². The van der Waals surface area contributed by atoms with E-state index in [4.69, 9.17) is 28.9 Å². The number of amides is 1. The lowest BCUT2D eigenvalue weighted by atomic mass is 10.1. The zero-order valence-electron chi connectivity index (χ0n) is 16.3. The van der Waals surface area contributed by atoms with Gasteiger partial charge in [-0.05, 0) is 61.8 Å². The Hall–Kier alpha value is -3.24. The summed E-state index contributed by atoms with van der Waals surface area (Å²) in [7, 11) is 0. The minimum absolute atomic E-state index is 0.00977. The number of halogens is 1. The maximum absolute atomic E-state index is 12.5. The second-order valence-corrected chi connectivity index (χ2v) is 7.73. The number of hydrogen-bond donors (Lipinski definition) is 3. The molecule has 11 heteroatoms. The summed E-state index contributed by atoms with van der Waals surface area (Å²) in [5.74, 6) is -1.78. The highest BCUT2D eigenvalue weighted by Gasteiger charge is 2.23. The summed E-state index contributed by atoms with van der Waals surface area (Å²) in [4.78, 5) is 36.6. The van der Waals surface area contributed by atoms with E-state index in [0.29, 0.717) is 11.4 Å². The number of nitrogens with zero attached hydrogens (tertiary/aromatic N) is 2. The van der Waals surface area contributed by atoms with Crippen LogP contribution in [0.1, 0.15) is 40.0 Å². The fourth-order valence-electron chi connectivity index (χ4n) is 3.32. The van der Waals surface area contributed by atoms with Crippen molar-refractivity contribution in [2.75, 3.05) is 23.3 Å². The Morgan fingerprint density at radius 1 is 1.13 bits per heavy atom. The van der Waals surface area contributed by atoms with Gasteiger partial charge in [0.25, 0.3) is 11.6 Å². The lowest BCUT2D eigenvalue weighted by Crippen LogP contribution is -2.34. The van der Waals surface area contributed by atoms with E-state index in [9.17, 15) is 19.7 Å². The average molecular weight is 463 g/mol. The Bertz CT molecular complexity index is 1060. The monoisotopic (exact) mass is 462 g/mol. The molecule has 0 radical (unpaired) electrons. The van der Waals surface area contributed by atoms with Gasteiger partial charge in [-0.25, -0.2) is 4.79 Å². The Morgan fingerprint density at radius 3 is 2.45 bits per heavy atom. The third kappa shape index (κ3) is 5.47. The van der Waals surface area contributed by atoms with E-state index in [2.05, 4.69) is 10.6 Å². The molecule has 0 bridgehead atoms. The summed E-state index contributed by atoms with van der Waals surface area (Å²) in [5.41, 5.74) is 0.769. The molecule has 0 aliphatic carbocycles. The number of nitro groups is 1. The fraction of sp³-hybridized carbons (Fsp3) is 0.250. The molecule has 1 aliphatic heterocycles. The van der Waals surface area contributed by atoms with Crippen molar-refractivity contribution >= 4 is 57.9 Å². The van der Waals surface area contributed by atoms with Crippen molar-refractivity contribution in [3.63, 3.8) is 0 Å². The molecule has 2 aromatic rings. The molecule has 0 aromatic heterocycles. The van der Waals surface area contributed by atoms with Crippen LogP contribution in [0.2, 0.25) is 5.02 Å². The zero-order chi connectivity index (χ0) is 22.5. The SMILES string of the molecule is O=C(NC(=S)Nc1ccc(C(=O)O)c(Cl)c1)c1ccc(N2CCCCC2)c([N+](=O)[O-])c1. The molecule has 2 aromatic carbocycles. The van der Waals surface area contributed by atoms with Gasteiger partial charge in [0.15, 0.2) is 5.11 Å². The number of rotatable bonds is 5. The first-order valence-electron chi connectivity index (χ1n) is 9.45. The first kappa shape index (κ1) is 22.4. The van der Waals surface area contributed by atoms with Crippen molar-refractivity contribution in [3.05, 3.63) is 62.7 Å². The van der Waals surface area contributed by atoms with Crippen molar-refractivity contribution in [2.24, 2.45) is 0 Å². The number of anilines is 2.